The fourth-order valence-electron chi connectivity index (χ4n) is 5.13. The standard InChI is InChI=1S/C28H31F3N4O4/c1-3-6-19(18(24(32)36)11-12-28(29,30)31)26(37)34-25-27(38)35-13-14-39-21-10-5-9-20(23(21)35)22(33-25)17-8-4-7-16(2)15-17/h4-5,7-10,15,18-19,25H,3,6,11-14H2,1-2H3,(H2,32,36)(H,34,37)/t18-,19+,25-/m1/s1. The van der Waals surface area contributed by atoms with Crippen LogP contribution in [0.3, 0.4) is 0 Å². The number of hydrogen-bond donors (Lipinski definition) is 2. The summed E-state index contributed by atoms with van der Waals surface area (Å²) >= 11 is 0. The van der Waals surface area contributed by atoms with E-state index in [1.165, 1.54) is 4.90 Å². The highest BCUT2D eigenvalue weighted by Gasteiger charge is 2.40. The number of nitrogens with zero attached hydrogens (tertiary/aromatic N) is 2. The Bertz CT molecular complexity index is 1290. The zero-order valence-electron chi connectivity index (χ0n) is 21.8. The molecule has 8 nitrogen and oxygen atoms in total. The summed E-state index contributed by atoms with van der Waals surface area (Å²) in [5.41, 5.74) is 8.77. The van der Waals surface area contributed by atoms with E-state index >= 15 is 0 Å². The molecule has 4 rings (SSSR count). The third-order valence-electron chi connectivity index (χ3n) is 6.95. The molecule has 0 aromatic heterocycles. The lowest BCUT2D eigenvalue weighted by atomic mass is 9.83. The zero-order chi connectivity index (χ0) is 28.3. The summed E-state index contributed by atoms with van der Waals surface area (Å²) in [6, 6.07) is 12.9. The van der Waals surface area contributed by atoms with Crippen LogP contribution in [0.25, 0.3) is 0 Å². The third-order valence-corrected chi connectivity index (χ3v) is 6.95. The molecule has 0 saturated carbocycles. The average Bonchev–Trinajstić information content (AvgIpc) is 2.99. The molecule has 39 heavy (non-hydrogen) atoms. The zero-order valence-corrected chi connectivity index (χ0v) is 21.8. The van der Waals surface area contributed by atoms with Crippen molar-refractivity contribution in [3.8, 4) is 5.75 Å². The lowest BCUT2D eigenvalue weighted by Crippen LogP contribution is -2.52. The molecule has 2 heterocycles. The number of amides is 3. The van der Waals surface area contributed by atoms with Gasteiger partial charge < -0.3 is 20.7 Å². The van der Waals surface area contributed by atoms with E-state index in [2.05, 4.69) is 5.32 Å². The molecular weight excluding hydrogens is 513 g/mol. The second-order valence-corrected chi connectivity index (χ2v) is 9.81. The molecule has 2 aliphatic rings. The van der Waals surface area contributed by atoms with Gasteiger partial charge in [0.05, 0.1) is 17.9 Å². The van der Waals surface area contributed by atoms with Crippen molar-refractivity contribution in [3.05, 3.63) is 59.2 Å². The van der Waals surface area contributed by atoms with Crippen molar-refractivity contribution < 1.29 is 32.3 Å². The number of carbonyl (C=O) groups is 3. The Morgan fingerprint density at radius 3 is 2.59 bits per heavy atom. The van der Waals surface area contributed by atoms with Gasteiger partial charge in [0, 0.05) is 29.4 Å². The smallest absolute Gasteiger partial charge is 0.389 e. The topological polar surface area (TPSA) is 114 Å². The van der Waals surface area contributed by atoms with Gasteiger partial charge in [-0.05, 0) is 31.9 Å². The van der Waals surface area contributed by atoms with Crippen molar-refractivity contribution >= 4 is 29.1 Å². The van der Waals surface area contributed by atoms with Gasteiger partial charge in [0.2, 0.25) is 18.0 Å². The Morgan fingerprint density at radius 2 is 1.92 bits per heavy atom. The monoisotopic (exact) mass is 544 g/mol. The summed E-state index contributed by atoms with van der Waals surface area (Å²) < 4.78 is 44.7. The fraction of sp³-hybridized carbons (Fsp3) is 0.429. The number of hydrogen-bond acceptors (Lipinski definition) is 5. The van der Waals surface area contributed by atoms with Crippen molar-refractivity contribution in [2.45, 2.75) is 51.9 Å². The lowest BCUT2D eigenvalue weighted by molar-refractivity contribution is -0.146. The maximum atomic E-state index is 13.8. The number of halogens is 3. The van der Waals surface area contributed by atoms with E-state index in [1.807, 2.05) is 37.3 Å². The maximum Gasteiger partial charge on any atom is 0.389 e. The van der Waals surface area contributed by atoms with Gasteiger partial charge in [-0.15, -0.1) is 0 Å². The molecule has 0 saturated heterocycles. The summed E-state index contributed by atoms with van der Waals surface area (Å²) in [5, 5.41) is 2.64. The molecule has 2 aromatic rings. The van der Waals surface area contributed by atoms with Gasteiger partial charge in [-0.1, -0.05) is 49.2 Å². The number of benzene rings is 2. The van der Waals surface area contributed by atoms with Crippen molar-refractivity contribution in [1.29, 1.82) is 0 Å². The van der Waals surface area contributed by atoms with Gasteiger partial charge in [-0.25, -0.2) is 4.99 Å². The Balaban J connectivity index is 1.74. The number of rotatable bonds is 9. The molecule has 2 aliphatic heterocycles. The van der Waals surface area contributed by atoms with Crippen LogP contribution in [-0.2, 0) is 14.4 Å². The number of nitrogens with one attached hydrogen (secondary N) is 1. The van der Waals surface area contributed by atoms with E-state index in [-0.39, 0.29) is 19.6 Å². The van der Waals surface area contributed by atoms with Crippen molar-refractivity contribution in [2.75, 3.05) is 18.1 Å². The largest absolute Gasteiger partial charge is 0.490 e. The van der Waals surface area contributed by atoms with Gasteiger partial charge in [0.15, 0.2) is 0 Å². The lowest BCUT2D eigenvalue weighted by Gasteiger charge is -2.31. The molecule has 0 fully saturated rings. The fourth-order valence-corrected chi connectivity index (χ4v) is 5.13. The second kappa shape index (κ2) is 11.5. The molecule has 11 heteroatoms. The molecule has 0 radical (unpaired) electrons. The van der Waals surface area contributed by atoms with E-state index in [9.17, 15) is 27.6 Å². The summed E-state index contributed by atoms with van der Waals surface area (Å²) in [6.45, 7) is 4.13. The van der Waals surface area contributed by atoms with Gasteiger partial charge in [-0.3, -0.25) is 14.4 Å². The van der Waals surface area contributed by atoms with Gasteiger partial charge in [0.25, 0.3) is 5.91 Å². The minimum atomic E-state index is -4.51. The SMILES string of the molecule is CCC[C@H](C(=O)N[C@H]1N=C(c2cccc(C)c2)c2cccc3c2N(CCO3)C1=O)[C@@H](CCC(F)(F)F)C(N)=O. The van der Waals surface area contributed by atoms with Crippen molar-refractivity contribution in [2.24, 2.45) is 22.6 Å². The highest BCUT2D eigenvalue weighted by molar-refractivity contribution is 6.21. The molecule has 2 aromatic carbocycles. The maximum absolute atomic E-state index is 13.8. The van der Waals surface area contributed by atoms with Crippen molar-refractivity contribution in [3.63, 3.8) is 0 Å². The minimum absolute atomic E-state index is 0.120. The first-order valence-electron chi connectivity index (χ1n) is 12.9. The van der Waals surface area contributed by atoms with E-state index in [0.29, 0.717) is 34.7 Å². The van der Waals surface area contributed by atoms with Crippen LogP contribution in [0.2, 0.25) is 0 Å². The highest BCUT2D eigenvalue weighted by atomic mass is 19.4. The quantitative estimate of drug-likeness (QED) is 0.499. The number of anilines is 1. The van der Waals surface area contributed by atoms with Crippen molar-refractivity contribution in [1.82, 2.24) is 5.32 Å². The molecule has 3 atom stereocenters. The van der Waals surface area contributed by atoms with E-state index in [1.54, 1.807) is 19.1 Å². The van der Waals surface area contributed by atoms with E-state index in [4.69, 9.17) is 15.5 Å². The van der Waals surface area contributed by atoms with Crippen LogP contribution in [0.15, 0.2) is 47.5 Å². The molecule has 208 valence electrons. The first-order valence-corrected chi connectivity index (χ1v) is 12.9. The van der Waals surface area contributed by atoms with Gasteiger partial charge in [-0.2, -0.15) is 13.2 Å². The first kappa shape index (κ1) is 28.1. The number of primary amides is 1. The Kier molecular flexibility index (Phi) is 8.27. The van der Waals surface area contributed by atoms with Crippen LogP contribution >= 0.6 is 0 Å². The third kappa shape index (κ3) is 6.23. The van der Waals surface area contributed by atoms with Crippen LogP contribution in [0.5, 0.6) is 5.75 Å². The highest BCUT2D eigenvalue weighted by Crippen LogP contribution is 2.39. The molecular formula is C28H31F3N4O4. The number of aryl methyl sites for hydroxylation is 1. The van der Waals surface area contributed by atoms with Crippen LogP contribution in [0.4, 0.5) is 18.9 Å². The predicted octanol–water partition coefficient (Wildman–Crippen LogP) is 3.87. The van der Waals surface area contributed by atoms with E-state index in [0.717, 1.165) is 5.56 Å². The Labute approximate surface area is 224 Å². The Hall–Kier alpha value is -3.89. The number of carbonyl (C=O) groups excluding carboxylic acids is 3. The summed E-state index contributed by atoms with van der Waals surface area (Å²) in [6.07, 6.45) is -7.21. The number of ether oxygens (including phenoxy) is 1. The molecule has 0 spiro atoms. The number of aliphatic imine (C=N–C) groups is 1. The molecule has 0 aliphatic carbocycles. The summed E-state index contributed by atoms with van der Waals surface area (Å²) in [4.78, 5) is 45.6. The van der Waals surface area contributed by atoms with Crippen LogP contribution in [-0.4, -0.2) is 48.9 Å². The van der Waals surface area contributed by atoms with Gasteiger partial charge >= 0.3 is 6.18 Å². The molecule has 3 N–H and O–H groups in total. The number of alkyl halides is 3. The molecule has 3 amide bonds. The minimum Gasteiger partial charge on any atom is -0.490 e. The summed E-state index contributed by atoms with van der Waals surface area (Å²) in [5.74, 6) is -4.23. The normalized spacial score (nSPS) is 18.3. The molecule has 0 unspecified atom stereocenters. The van der Waals surface area contributed by atoms with Crippen LogP contribution in [0.1, 0.15) is 49.3 Å². The molecule has 0 bridgehead atoms. The van der Waals surface area contributed by atoms with Gasteiger partial charge in [0.1, 0.15) is 12.4 Å². The second-order valence-electron chi connectivity index (χ2n) is 9.81. The van der Waals surface area contributed by atoms with Crippen LogP contribution in [0, 0.1) is 18.8 Å². The summed E-state index contributed by atoms with van der Waals surface area (Å²) in [7, 11) is 0. The predicted molar refractivity (Wildman–Crippen MR) is 139 cm³/mol. The van der Waals surface area contributed by atoms with E-state index < -0.39 is 54.7 Å². The number of para-hydroxylation sites is 1. The first-order chi connectivity index (χ1) is 18.5. The number of nitrogens with two attached hydrogens (primary N) is 1. The Morgan fingerprint density at radius 1 is 1.18 bits per heavy atom. The average molecular weight is 545 g/mol. The van der Waals surface area contributed by atoms with Crippen LogP contribution < -0.4 is 20.7 Å².